The first-order valence-corrected chi connectivity index (χ1v) is 8.85. The summed E-state index contributed by atoms with van der Waals surface area (Å²) in [5, 5.41) is 0. The minimum Gasteiger partial charge on any atom is -0.493 e. The molecule has 0 saturated carbocycles. The van der Waals surface area contributed by atoms with Crippen LogP contribution in [0.5, 0.6) is 17.2 Å². The fraction of sp³-hybridized carbons (Fsp3) is 0.429. The quantitative estimate of drug-likeness (QED) is 0.793. The van der Waals surface area contributed by atoms with E-state index < -0.39 is 0 Å². The van der Waals surface area contributed by atoms with E-state index in [0.29, 0.717) is 5.75 Å². The van der Waals surface area contributed by atoms with Crippen LogP contribution >= 0.6 is 0 Å². The highest BCUT2D eigenvalue weighted by atomic mass is 16.5. The lowest BCUT2D eigenvalue weighted by molar-refractivity contribution is 0.0917. The monoisotopic (exact) mass is 341 g/mol. The molecule has 3 rings (SSSR count). The SMILES string of the molecule is COc1cccc(OC)c1OC1CCN(Cc2cccc(C)c2)CC1. The van der Waals surface area contributed by atoms with Crippen LogP contribution in [-0.2, 0) is 6.54 Å². The molecule has 4 nitrogen and oxygen atoms in total. The molecular weight excluding hydrogens is 314 g/mol. The molecule has 134 valence electrons. The third-order valence-corrected chi connectivity index (χ3v) is 4.69. The van der Waals surface area contributed by atoms with Gasteiger partial charge in [-0.25, -0.2) is 0 Å². The van der Waals surface area contributed by atoms with Crippen LogP contribution in [-0.4, -0.2) is 38.3 Å². The van der Waals surface area contributed by atoms with E-state index in [-0.39, 0.29) is 6.10 Å². The maximum absolute atomic E-state index is 6.24. The van der Waals surface area contributed by atoms with Gasteiger partial charge in [-0.1, -0.05) is 35.9 Å². The van der Waals surface area contributed by atoms with Gasteiger partial charge in [0.15, 0.2) is 11.5 Å². The smallest absolute Gasteiger partial charge is 0.203 e. The molecule has 0 aromatic heterocycles. The highest BCUT2D eigenvalue weighted by molar-refractivity contribution is 5.51. The summed E-state index contributed by atoms with van der Waals surface area (Å²) in [6.45, 7) is 5.22. The second-order valence-electron chi connectivity index (χ2n) is 6.57. The Morgan fingerprint density at radius 2 is 1.60 bits per heavy atom. The van der Waals surface area contributed by atoms with Crippen LogP contribution in [0.1, 0.15) is 24.0 Å². The summed E-state index contributed by atoms with van der Waals surface area (Å²) in [4.78, 5) is 2.49. The van der Waals surface area contributed by atoms with Crippen LogP contribution in [0, 0.1) is 6.92 Å². The first-order chi connectivity index (χ1) is 12.2. The van der Waals surface area contributed by atoms with Crippen molar-refractivity contribution in [3.63, 3.8) is 0 Å². The highest BCUT2D eigenvalue weighted by Gasteiger charge is 2.23. The van der Waals surface area contributed by atoms with E-state index in [4.69, 9.17) is 14.2 Å². The van der Waals surface area contributed by atoms with Crippen molar-refractivity contribution in [1.82, 2.24) is 4.90 Å². The van der Waals surface area contributed by atoms with Crippen molar-refractivity contribution < 1.29 is 14.2 Å². The summed E-state index contributed by atoms with van der Waals surface area (Å²) in [5.41, 5.74) is 2.70. The van der Waals surface area contributed by atoms with E-state index in [0.717, 1.165) is 44.0 Å². The predicted octanol–water partition coefficient (Wildman–Crippen LogP) is 4.06. The Hall–Kier alpha value is -2.20. The Balaban J connectivity index is 1.58. The van der Waals surface area contributed by atoms with Gasteiger partial charge < -0.3 is 14.2 Å². The second-order valence-corrected chi connectivity index (χ2v) is 6.57. The van der Waals surface area contributed by atoms with Gasteiger partial charge in [0.05, 0.1) is 14.2 Å². The number of hydrogen-bond donors (Lipinski definition) is 0. The van der Waals surface area contributed by atoms with Gasteiger partial charge in [-0.05, 0) is 37.5 Å². The summed E-state index contributed by atoms with van der Waals surface area (Å²) < 4.78 is 17.1. The van der Waals surface area contributed by atoms with Crippen LogP contribution in [0.15, 0.2) is 42.5 Å². The molecule has 0 atom stereocenters. The first-order valence-electron chi connectivity index (χ1n) is 8.85. The number of para-hydroxylation sites is 1. The normalized spacial score (nSPS) is 15.8. The van der Waals surface area contributed by atoms with Crippen molar-refractivity contribution in [2.24, 2.45) is 0 Å². The number of benzene rings is 2. The number of rotatable bonds is 6. The molecule has 1 heterocycles. The van der Waals surface area contributed by atoms with E-state index >= 15 is 0 Å². The molecule has 0 N–H and O–H groups in total. The number of aryl methyl sites for hydroxylation is 1. The van der Waals surface area contributed by atoms with E-state index in [9.17, 15) is 0 Å². The van der Waals surface area contributed by atoms with Gasteiger partial charge in [0.2, 0.25) is 5.75 Å². The van der Waals surface area contributed by atoms with Gasteiger partial charge in [0.1, 0.15) is 6.10 Å². The largest absolute Gasteiger partial charge is 0.493 e. The van der Waals surface area contributed by atoms with Crippen LogP contribution in [0.25, 0.3) is 0 Å². The number of methoxy groups -OCH3 is 2. The Kier molecular flexibility index (Phi) is 5.82. The topological polar surface area (TPSA) is 30.9 Å². The molecule has 25 heavy (non-hydrogen) atoms. The second kappa shape index (κ2) is 8.26. The Bertz CT molecular complexity index is 671. The maximum atomic E-state index is 6.24. The van der Waals surface area contributed by atoms with Crippen LogP contribution in [0.3, 0.4) is 0 Å². The Morgan fingerprint density at radius 3 is 2.20 bits per heavy atom. The zero-order valence-corrected chi connectivity index (χ0v) is 15.3. The van der Waals surface area contributed by atoms with E-state index in [1.807, 2.05) is 18.2 Å². The van der Waals surface area contributed by atoms with Crippen molar-refractivity contribution >= 4 is 0 Å². The molecule has 1 saturated heterocycles. The van der Waals surface area contributed by atoms with E-state index in [1.165, 1.54) is 11.1 Å². The van der Waals surface area contributed by atoms with Crippen LogP contribution in [0.4, 0.5) is 0 Å². The van der Waals surface area contributed by atoms with Crippen molar-refractivity contribution in [3.05, 3.63) is 53.6 Å². The summed E-state index contributed by atoms with van der Waals surface area (Å²) in [6.07, 6.45) is 2.21. The van der Waals surface area contributed by atoms with Gasteiger partial charge in [0, 0.05) is 19.6 Å². The fourth-order valence-electron chi connectivity index (χ4n) is 3.35. The molecule has 0 spiro atoms. The van der Waals surface area contributed by atoms with Gasteiger partial charge >= 0.3 is 0 Å². The summed E-state index contributed by atoms with van der Waals surface area (Å²) in [7, 11) is 3.32. The zero-order valence-electron chi connectivity index (χ0n) is 15.3. The number of likely N-dealkylation sites (tertiary alicyclic amines) is 1. The van der Waals surface area contributed by atoms with Gasteiger partial charge in [0.25, 0.3) is 0 Å². The van der Waals surface area contributed by atoms with Crippen molar-refractivity contribution in [2.75, 3.05) is 27.3 Å². The molecule has 0 bridgehead atoms. The Labute approximate surface area is 150 Å². The molecule has 2 aromatic rings. The lowest BCUT2D eigenvalue weighted by Crippen LogP contribution is -2.37. The third kappa shape index (κ3) is 4.45. The molecule has 1 aliphatic rings. The average molecular weight is 341 g/mol. The molecule has 0 amide bonds. The molecule has 1 aliphatic heterocycles. The lowest BCUT2D eigenvalue weighted by atomic mass is 10.1. The number of nitrogens with zero attached hydrogens (tertiary/aromatic N) is 1. The third-order valence-electron chi connectivity index (χ3n) is 4.69. The van der Waals surface area contributed by atoms with Crippen molar-refractivity contribution in [2.45, 2.75) is 32.4 Å². The fourth-order valence-corrected chi connectivity index (χ4v) is 3.35. The van der Waals surface area contributed by atoms with E-state index in [1.54, 1.807) is 14.2 Å². The van der Waals surface area contributed by atoms with Gasteiger partial charge in [-0.3, -0.25) is 4.90 Å². The number of hydrogen-bond acceptors (Lipinski definition) is 4. The maximum Gasteiger partial charge on any atom is 0.203 e. The van der Waals surface area contributed by atoms with Gasteiger partial charge in [-0.15, -0.1) is 0 Å². The molecule has 4 heteroatoms. The highest BCUT2D eigenvalue weighted by Crippen LogP contribution is 2.38. The zero-order chi connectivity index (χ0) is 17.6. The molecule has 1 fully saturated rings. The van der Waals surface area contributed by atoms with Crippen molar-refractivity contribution in [3.8, 4) is 17.2 Å². The molecule has 2 aromatic carbocycles. The first kappa shape index (κ1) is 17.6. The molecule has 0 unspecified atom stereocenters. The van der Waals surface area contributed by atoms with Crippen LogP contribution in [0.2, 0.25) is 0 Å². The Morgan fingerprint density at radius 1 is 0.960 bits per heavy atom. The minimum atomic E-state index is 0.193. The molecule has 0 aliphatic carbocycles. The molecular formula is C21H27NO3. The standard InChI is InChI=1S/C21H27NO3/c1-16-6-4-7-17(14-16)15-22-12-10-18(11-13-22)25-21-19(23-2)8-5-9-20(21)24-3/h4-9,14,18H,10-13,15H2,1-3H3. The summed E-state index contributed by atoms with van der Waals surface area (Å²) in [5.74, 6) is 2.16. The minimum absolute atomic E-state index is 0.193. The van der Waals surface area contributed by atoms with Crippen LogP contribution < -0.4 is 14.2 Å². The summed E-state index contributed by atoms with van der Waals surface area (Å²) in [6, 6.07) is 14.5. The molecule has 0 radical (unpaired) electrons. The predicted molar refractivity (Wildman–Crippen MR) is 99.7 cm³/mol. The summed E-state index contributed by atoms with van der Waals surface area (Å²) >= 11 is 0. The van der Waals surface area contributed by atoms with Gasteiger partial charge in [-0.2, -0.15) is 0 Å². The lowest BCUT2D eigenvalue weighted by Gasteiger charge is -2.32. The number of piperidine rings is 1. The number of ether oxygens (including phenoxy) is 3. The average Bonchev–Trinajstić information content (AvgIpc) is 2.63. The van der Waals surface area contributed by atoms with Crippen molar-refractivity contribution in [1.29, 1.82) is 0 Å². The van der Waals surface area contributed by atoms with E-state index in [2.05, 4.69) is 36.1 Å².